The Bertz CT molecular complexity index is 487. The Morgan fingerprint density at radius 1 is 1.35 bits per heavy atom. The minimum atomic E-state index is 0.278. The molecule has 1 atom stereocenters. The molecule has 3 rings (SSSR count). The van der Waals surface area contributed by atoms with Gasteiger partial charge in [-0.05, 0) is 49.4 Å². The normalized spacial score (nSPS) is 22.6. The quantitative estimate of drug-likeness (QED) is 0.874. The van der Waals surface area contributed by atoms with E-state index in [1.165, 1.54) is 18.4 Å². The predicted octanol–water partition coefficient (Wildman–Crippen LogP) is 2.48. The molecule has 1 aromatic carbocycles. The van der Waals surface area contributed by atoms with E-state index in [-0.39, 0.29) is 5.91 Å². The van der Waals surface area contributed by atoms with Crippen molar-refractivity contribution in [2.45, 2.75) is 31.7 Å². The van der Waals surface area contributed by atoms with Gasteiger partial charge in [-0.25, -0.2) is 0 Å². The van der Waals surface area contributed by atoms with Gasteiger partial charge in [-0.3, -0.25) is 4.79 Å². The average Bonchev–Trinajstić information content (AvgIpc) is 3.18. The Morgan fingerprint density at radius 2 is 2.20 bits per heavy atom. The van der Waals surface area contributed by atoms with Crippen molar-refractivity contribution in [2.75, 3.05) is 19.6 Å². The highest BCUT2D eigenvalue weighted by Crippen LogP contribution is 2.28. The van der Waals surface area contributed by atoms with Gasteiger partial charge in [0.15, 0.2) is 0 Å². The number of hydrogen-bond acceptors (Lipinski definition) is 2. The number of halogens is 1. The molecule has 0 radical (unpaired) electrons. The highest BCUT2D eigenvalue weighted by atomic mass is 35.5. The molecule has 0 bridgehead atoms. The van der Waals surface area contributed by atoms with E-state index < -0.39 is 0 Å². The summed E-state index contributed by atoms with van der Waals surface area (Å²) in [6.07, 6.45) is 4.24. The molecule has 1 saturated heterocycles. The molecule has 1 amide bonds. The fourth-order valence-electron chi connectivity index (χ4n) is 2.74. The highest BCUT2D eigenvalue weighted by molar-refractivity contribution is 6.30. The van der Waals surface area contributed by atoms with Crippen LogP contribution in [-0.4, -0.2) is 36.5 Å². The molecule has 1 unspecified atom stereocenters. The summed E-state index contributed by atoms with van der Waals surface area (Å²) in [5, 5.41) is 4.29. The second-order valence-electron chi connectivity index (χ2n) is 5.97. The van der Waals surface area contributed by atoms with Crippen LogP contribution in [0.4, 0.5) is 0 Å². The topological polar surface area (TPSA) is 32.3 Å². The van der Waals surface area contributed by atoms with E-state index in [4.69, 9.17) is 11.6 Å². The van der Waals surface area contributed by atoms with Crippen molar-refractivity contribution in [3.63, 3.8) is 0 Å². The molecule has 1 N–H and O–H groups in total. The van der Waals surface area contributed by atoms with Crippen LogP contribution in [0, 0.1) is 5.92 Å². The first-order valence-electron chi connectivity index (χ1n) is 7.46. The fraction of sp³-hybridized carbons (Fsp3) is 0.562. The zero-order valence-corrected chi connectivity index (χ0v) is 12.4. The summed E-state index contributed by atoms with van der Waals surface area (Å²) in [5.74, 6) is 1.14. The van der Waals surface area contributed by atoms with Gasteiger partial charge in [-0.15, -0.1) is 0 Å². The van der Waals surface area contributed by atoms with E-state index in [0.717, 1.165) is 37.0 Å². The van der Waals surface area contributed by atoms with Gasteiger partial charge in [0.1, 0.15) is 0 Å². The van der Waals surface area contributed by atoms with Crippen LogP contribution in [0.2, 0.25) is 5.02 Å². The number of benzene rings is 1. The van der Waals surface area contributed by atoms with E-state index in [1.54, 1.807) is 0 Å². The minimum absolute atomic E-state index is 0.278. The van der Waals surface area contributed by atoms with Gasteiger partial charge in [0.05, 0.1) is 0 Å². The first-order chi connectivity index (χ1) is 9.70. The van der Waals surface area contributed by atoms with Crippen LogP contribution < -0.4 is 5.32 Å². The average molecular weight is 293 g/mol. The van der Waals surface area contributed by atoms with Crippen LogP contribution in [0.3, 0.4) is 0 Å². The minimum Gasteiger partial charge on any atom is -0.341 e. The number of hydrogen-bond donors (Lipinski definition) is 1. The van der Waals surface area contributed by atoms with Gasteiger partial charge >= 0.3 is 0 Å². The van der Waals surface area contributed by atoms with Gasteiger partial charge in [-0.1, -0.05) is 23.7 Å². The number of carbonyl (C=O) groups excluding carboxylic acids is 1. The van der Waals surface area contributed by atoms with E-state index in [1.807, 2.05) is 23.1 Å². The molecular weight excluding hydrogens is 272 g/mol. The molecule has 2 aliphatic rings. The second-order valence-corrected chi connectivity index (χ2v) is 6.41. The maximum absolute atomic E-state index is 12.0. The maximum Gasteiger partial charge on any atom is 0.224 e. The zero-order valence-electron chi connectivity index (χ0n) is 11.6. The van der Waals surface area contributed by atoms with Crippen molar-refractivity contribution in [1.82, 2.24) is 10.2 Å². The summed E-state index contributed by atoms with van der Waals surface area (Å²) in [5.41, 5.74) is 1.19. The molecule has 2 fully saturated rings. The lowest BCUT2D eigenvalue weighted by Gasteiger charge is -2.17. The molecule has 3 nitrogen and oxygen atoms in total. The van der Waals surface area contributed by atoms with Crippen LogP contribution in [0.5, 0.6) is 0 Å². The van der Waals surface area contributed by atoms with E-state index in [9.17, 15) is 4.79 Å². The smallest absolute Gasteiger partial charge is 0.224 e. The number of rotatable bonds is 6. The Balaban J connectivity index is 1.46. The lowest BCUT2D eigenvalue weighted by Crippen LogP contribution is -2.34. The van der Waals surface area contributed by atoms with Crippen LogP contribution in [-0.2, 0) is 11.2 Å². The first-order valence-corrected chi connectivity index (χ1v) is 7.84. The van der Waals surface area contributed by atoms with Crippen molar-refractivity contribution >= 4 is 17.5 Å². The molecule has 1 heterocycles. The molecule has 20 heavy (non-hydrogen) atoms. The van der Waals surface area contributed by atoms with Crippen LogP contribution >= 0.6 is 11.6 Å². The number of nitrogens with zero attached hydrogens (tertiary/aromatic N) is 1. The van der Waals surface area contributed by atoms with Gasteiger partial charge in [0.2, 0.25) is 5.91 Å². The first kappa shape index (κ1) is 13.9. The molecule has 108 valence electrons. The fourth-order valence-corrected chi connectivity index (χ4v) is 2.95. The SMILES string of the molecule is O=C1CC(NCC2CC2)CN1CCc1cccc(Cl)c1. The Morgan fingerprint density at radius 3 is 2.95 bits per heavy atom. The van der Waals surface area contributed by atoms with E-state index in [0.29, 0.717) is 12.5 Å². The third-order valence-corrected chi connectivity index (χ3v) is 4.40. The number of amides is 1. The summed E-state index contributed by atoms with van der Waals surface area (Å²) in [6.45, 7) is 2.73. The van der Waals surface area contributed by atoms with Crippen LogP contribution in [0.25, 0.3) is 0 Å². The van der Waals surface area contributed by atoms with Crippen molar-refractivity contribution in [1.29, 1.82) is 0 Å². The third kappa shape index (κ3) is 3.74. The summed E-state index contributed by atoms with van der Waals surface area (Å²) in [4.78, 5) is 14.0. The van der Waals surface area contributed by atoms with Crippen molar-refractivity contribution in [3.8, 4) is 0 Å². The number of carbonyl (C=O) groups is 1. The lowest BCUT2D eigenvalue weighted by molar-refractivity contribution is -0.127. The van der Waals surface area contributed by atoms with Gasteiger partial charge < -0.3 is 10.2 Å². The predicted molar refractivity (Wildman–Crippen MR) is 80.9 cm³/mol. The summed E-state index contributed by atoms with van der Waals surface area (Å²) in [6, 6.07) is 8.23. The van der Waals surface area contributed by atoms with Crippen molar-refractivity contribution in [2.24, 2.45) is 5.92 Å². The summed E-state index contributed by atoms with van der Waals surface area (Å²) in [7, 11) is 0. The molecule has 1 aliphatic carbocycles. The van der Waals surface area contributed by atoms with Crippen molar-refractivity contribution in [3.05, 3.63) is 34.9 Å². The molecule has 4 heteroatoms. The lowest BCUT2D eigenvalue weighted by atomic mass is 10.1. The molecule has 0 aromatic heterocycles. The van der Waals surface area contributed by atoms with Crippen LogP contribution in [0.15, 0.2) is 24.3 Å². The monoisotopic (exact) mass is 292 g/mol. The Labute approximate surface area is 125 Å². The number of likely N-dealkylation sites (tertiary alicyclic amines) is 1. The van der Waals surface area contributed by atoms with Gasteiger partial charge in [0, 0.05) is 30.6 Å². The Hall–Kier alpha value is -1.06. The molecule has 0 spiro atoms. The third-order valence-electron chi connectivity index (χ3n) is 4.17. The highest BCUT2D eigenvalue weighted by Gasteiger charge is 2.30. The summed E-state index contributed by atoms with van der Waals surface area (Å²) >= 11 is 5.98. The zero-order chi connectivity index (χ0) is 13.9. The van der Waals surface area contributed by atoms with E-state index in [2.05, 4.69) is 11.4 Å². The van der Waals surface area contributed by atoms with E-state index >= 15 is 0 Å². The van der Waals surface area contributed by atoms with Gasteiger partial charge in [0.25, 0.3) is 0 Å². The number of nitrogens with one attached hydrogen (secondary N) is 1. The maximum atomic E-state index is 12.0. The molecule has 1 aromatic rings. The summed E-state index contributed by atoms with van der Waals surface area (Å²) < 4.78 is 0. The largest absolute Gasteiger partial charge is 0.341 e. The van der Waals surface area contributed by atoms with Crippen molar-refractivity contribution < 1.29 is 4.79 Å². The Kier molecular flexibility index (Phi) is 4.27. The standard InChI is InChI=1S/C16H21ClN2O/c17-14-3-1-2-12(8-14)6-7-19-11-15(9-16(19)20)18-10-13-4-5-13/h1-3,8,13,15,18H,4-7,9-11H2. The second kappa shape index (κ2) is 6.15. The molecular formula is C16H21ClN2O. The molecule has 1 saturated carbocycles. The van der Waals surface area contributed by atoms with Gasteiger partial charge in [-0.2, -0.15) is 0 Å². The van der Waals surface area contributed by atoms with Crippen LogP contribution in [0.1, 0.15) is 24.8 Å². The molecule has 1 aliphatic heterocycles.